The van der Waals surface area contributed by atoms with E-state index >= 15 is 0 Å². The summed E-state index contributed by atoms with van der Waals surface area (Å²) in [6.45, 7) is 0. The van der Waals surface area contributed by atoms with Gasteiger partial charge in [-0.3, -0.25) is 0 Å². The van der Waals surface area contributed by atoms with Gasteiger partial charge in [0.1, 0.15) is 0 Å². The fourth-order valence-electron chi connectivity index (χ4n) is 3.83. The van der Waals surface area contributed by atoms with Crippen LogP contribution in [0.1, 0.15) is 11.1 Å². The van der Waals surface area contributed by atoms with Gasteiger partial charge in [0.05, 0.1) is 0 Å². The van der Waals surface area contributed by atoms with E-state index in [9.17, 15) is 0 Å². The van der Waals surface area contributed by atoms with Crippen LogP contribution in [0.3, 0.4) is 0 Å². The summed E-state index contributed by atoms with van der Waals surface area (Å²) in [4.78, 5) is 2.30. The van der Waals surface area contributed by atoms with Gasteiger partial charge < -0.3 is 4.90 Å². The lowest BCUT2D eigenvalue weighted by Crippen LogP contribution is -2.10. The average Bonchev–Trinajstić information content (AvgIpc) is 2.72. The summed E-state index contributed by atoms with van der Waals surface area (Å²) in [7, 11) is 0. The number of hydrogen-bond donors (Lipinski definition) is 0. The molecule has 29 heavy (non-hydrogen) atoms. The van der Waals surface area contributed by atoms with Crippen molar-refractivity contribution in [1.82, 2.24) is 0 Å². The zero-order valence-corrected chi connectivity index (χ0v) is 18.9. The van der Waals surface area contributed by atoms with Gasteiger partial charge in [0.15, 0.2) is 0 Å². The lowest BCUT2D eigenvalue weighted by atomic mass is 9.86. The summed E-state index contributed by atoms with van der Waals surface area (Å²) in [5.74, 6) is 0. The van der Waals surface area contributed by atoms with Gasteiger partial charge >= 0.3 is 0 Å². The van der Waals surface area contributed by atoms with E-state index in [1.807, 2.05) is 0 Å². The van der Waals surface area contributed by atoms with E-state index in [0.717, 1.165) is 26.0 Å². The van der Waals surface area contributed by atoms with Crippen LogP contribution in [0.25, 0.3) is 11.1 Å². The Labute approximate surface area is 188 Å². The van der Waals surface area contributed by atoms with Crippen molar-refractivity contribution in [3.8, 4) is 11.1 Å². The zero-order chi connectivity index (χ0) is 19.8. The smallest absolute Gasteiger partial charge is 0.0467 e. The minimum Gasteiger partial charge on any atom is -0.310 e. The van der Waals surface area contributed by atoms with Crippen molar-refractivity contribution in [2.24, 2.45) is 0 Å². The Bertz CT molecular complexity index is 1120. The van der Waals surface area contributed by atoms with Crippen LogP contribution < -0.4 is 4.90 Å². The van der Waals surface area contributed by atoms with Crippen molar-refractivity contribution >= 4 is 48.9 Å². The number of halogens is 2. The standard InChI is InChI=1S/C26H19Br2N/c27-22-8-12-24(13-9-22)29(25-14-10-23(28)11-15-25)26-3-1-2-19(17-26)21-7-5-18-4-6-20(18)16-21/h1-3,5,7-17H,4,6H2. The Balaban J connectivity index is 1.61. The Kier molecular flexibility index (Phi) is 5.03. The van der Waals surface area contributed by atoms with Gasteiger partial charge in [-0.1, -0.05) is 62.2 Å². The molecule has 0 heterocycles. The van der Waals surface area contributed by atoms with Gasteiger partial charge in [-0.25, -0.2) is 0 Å². The van der Waals surface area contributed by atoms with Gasteiger partial charge in [-0.05, 0) is 95.8 Å². The highest BCUT2D eigenvalue weighted by Crippen LogP contribution is 2.38. The highest BCUT2D eigenvalue weighted by Gasteiger charge is 2.16. The Morgan fingerprint density at radius 1 is 0.517 bits per heavy atom. The molecule has 0 bridgehead atoms. The molecule has 1 aliphatic carbocycles. The first-order chi connectivity index (χ1) is 14.2. The second-order valence-corrected chi connectivity index (χ2v) is 9.15. The molecule has 0 unspecified atom stereocenters. The van der Waals surface area contributed by atoms with Crippen LogP contribution in [0.4, 0.5) is 17.1 Å². The van der Waals surface area contributed by atoms with E-state index in [-0.39, 0.29) is 0 Å². The van der Waals surface area contributed by atoms with E-state index in [4.69, 9.17) is 0 Å². The SMILES string of the molecule is Brc1ccc(N(c2ccc(Br)cc2)c2cccc(-c3ccc4c(c3)CC4)c2)cc1. The third kappa shape index (κ3) is 3.77. The molecule has 0 saturated carbocycles. The van der Waals surface area contributed by atoms with Crippen LogP contribution in [0.5, 0.6) is 0 Å². The van der Waals surface area contributed by atoms with E-state index < -0.39 is 0 Å². The number of benzene rings is 4. The maximum absolute atomic E-state index is 3.55. The van der Waals surface area contributed by atoms with Gasteiger partial charge in [0.25, 0.3) is 0 Å². The Morgan fingerprint density at radius 2 is 1.10 bits per heavy atom. The maximum Gasteiger partial charge on any atom is 0.0467 e. The molecule has 142 valence electrons. The number of hydrogen-bond acceptors (Lipinski definition) is 1. The topological polar surface area (TPSA) is 3.24 Å². The molecule has 0 amide bonds. The third-order valence-corrected chi connectivity index (χ3v) is 6.53. The molecule has 5 rings (SSSR count). The molecule has 0 spiro atoms. The Morgan fingerprint density at radius 3 is 1.66 bits per heavy atom. The molecule has 0 N–H and O–H groups in total. The van der Waals surface area contributed by atoms with Crippen molar-refractivity contribution < 1.29 is 0 Å². The maximum atomic E-state index is 3.55. The summed E-state index contributed by atoms with van der Waals surface area (Å²) in [6.07, 6.45) is 2.42. The lowest BCUT2D eigenvalue weighted by Gasteiger charge is -2.26. The largest absolute Gasteiger partial charge is 0.310 e. The first kappa shape index (κ1) is 18.7. The molecule has 0 saturated heterocycles. The molecular weight excluding hydrogens is 486 g/mol. The van der Waals surface area contributed by atoms with Crippen molar-refractivity contribution in [2.45, 2.75) is 12.8 Å². The van der Waals surface area contributed by atoms with Crippen molar-refractivity contribution in [1.29, 1.82) is 0 Å². The van der Waals surface area contributed by atoms with E-state index in [0.29, 0.717) is 0 Å². The fourth-order valence-corrected chi connectivity index (χ4v) is 4.36. The number of anilines is 3. The van der Waals surface area contributed by atoms with Crippen LogP contribution in [-0.4, -0.2) is 0 Å². The number of fused-ring (bicyclic) bond motifs is 1. The number of aryl methyl sites for hydroxylation is 2. The molecule has 3 heteroatoms. The third-order valence-electron chi connectivity index (χ3n) is 5.48. The molecule has 0 radical (unpaired) electrons. The minimum absolute atomic E-state index is 1.08. The van der Waals surface area contributed by atoms with Crippen molar-refractivity contribution in [3.05, 3.63) is 111 Å². The molecule has 1 nitrogen and oxygen atoms in total. The van der Waals surface area contributed by atoms with Crippen LogP contribution in [0.15, 0.2) is 99.9 Å². The van der Waals surface area contributed by atoms with Crippen LogP contribution >= 0.6 is 31.9 Å². The first-order valence-electron chi connectivity index (χ1n) is 9.71. The lowest BCUT2D eigenvalue weighted by molar-refractivity contribution is 0.840. The predicted molar refractivity (Wildman–Crippen MR) is 129 cm³/mol. The highest BCUT2D eigenvalue weighted by atomic mass is 79.9. The monoisotopic (exact) mass is 503 g/mol. The molecule has 4 aromatic rings. The number of nitrogens with zero attached hydrogens (tertiary/aromatic N) is 1. The zero-order valence-electron chi connectivity index (χ0n) is 15.8. The quantitative estimate of drug-likeness (QED) is 0.269. The van der Waals surface area contributed by atoms with Crippen LogP contribution in [0.2, 0.25) is 0 Å². The highest BCUT2D eigenvalue weighted by molar-refractivity contribution is 9.10. The van der Waals surface area contributed by atoms with Gasteiger partial charge in [-0.2, -0.15) is 0 Å². The number of rotatable bonds is 4. The van der Waals surface area contributed by atoms with E-state index in [2.05, 4.69) is 128 Å². The second-order valence-electron chi connectivity index (χ2n) is 7.32. The molecule has 0 aliphatic heterocycles. The van der Waals surface area contributed by atoms with Crippen LogP contribution in [0, 0.1) is 0 Å². The normalized spacial score (nSPS) is 12.2. The summed E-state index contributed by atoms with van der Waals surface area (Å²) >= 11 is 7.10. The average molecular weight is 505 g/mol. The molecule has 0 aromatic heterocycles. The Hall–Kier alpha value is -2.36. The van der Waals surface area contributed by atoms with Gasteiger partial charge in [0, 0.05) is 26.0 Å². The van der Waals surface area contributed by atoms with Gasteiger partial charge in [0.2, 0.25) is 0 Å². The fraction of sp³-hybridized carbons (Fsp3) is 0.0769. The summed E-state index contributed by atoms with van der Waals surface area (Å²) in [5, 5.41) is 0. The summed E-state index contributed by atoms with van der Waals surface area (Å²) < 4.78 is 2.15. The minimum atomic E-state index is 1.08. The molecule has 0 atom stereocenters. The predicted octanol–water partition coefficient (Wildman–Crippen LogP) is 8.45. The molecule has 4 aromatic carbocycles. The van der Waals surface area contributed by atoms with Gasteiger partial charge in [-0.15, -0.1) is 0 Å². The van der Waals surface area contributed by atoms with E-state index in [1.54, 1.807) is 0 Å². The van der Waals surface area contributed by atoms with Crippen LogP contribution in [-0.2, 0) is 12.8 Å². The first-order valence-corrected chi connectivity index (χ1v) is 11.3. The molecular formula is C26H19Br2N. The molecule has 0 fully saturated rings. The summed E-state index contributed by atoms with van der Waals surface area (Å²) in [5.41, 5.74) is 8.93. The second kappa shape index (κ2) is 7.81. The van der Waals surface area contributed by atoms with Crippen molar-refractivity contribution in [3.63, 3.8) is 0 Å². The molecule has 1 aliphatic rings. The van der Waals surface area contributed by atoms with E-state index in [1.165, 1.54) is 35.1 Å². The van der Waals surface area contributed by atoms with Crippen molar-refractivity contribution in [2.75, 3.05) is 4.90 Å². The summed E-state index contributed by atoms with van der Waals surface area (Å²) in [6, 6.07) is 32.6.